The molecule has 5 unspecified atom stereocenters. The van der Waals surface area contributed by atoms with Crippen LogP contribution < -0.4 is 27.4 Å². The molecule has 204 valence electrons. The van der Waals surface area contributed by atoms with Gasteiger partial charge in [-0.15, -0.1) is 0 Å². The van der Waals surface area contributed by atoms with Gasteiger partial charge in [0.25, 0.3) is 0 Å². The standard InChI is InChI=1S/C22H31N5O10/c1-10(28)18(22(36)37)27-20(34)14(6-7-16(24)30)25-21(35)15(9-17(31)32)26-19(33)13(23)8-11-2-4-12(29)5-3-11/h2-5,10,13-15,18,28-29H,6-9,23H2,1H3,(H2,24,30)(H,25,35)(H,26,33)(H,27,34)(H,31,32)(H,36,37). The van der Waals surface area contributed by atoms with E-state index in [9.17, 15) is 44.1 Å². The fourth-order valence-electron chi connectivity index (χ4n) is 3.11. The molecule has 15 nitrogen and oxygen atoms in total. The van der Waals surface area contributed by atoms with E-state index in [-0.39, 0.29) is 18.6 Å². The number of rotatable bonds is 15. The Bertz CT molecular complexity index is 998. The lowest BCUT2D eigenvalue weighted by molar-refractivity contribution is -0.145. The lowest BCUT2D eigenvalue weighted by atomic mass is 10.0. The molecule has 0 saturated carbocycles. The van der Waals surface area contributed by atoms with Crippen LogP contribution in [-0.4, -0.2) is 86.3 Å². The van der Waals surface area contributed by atoms with Crippen molar-refractivity contribution in [1.29, 1.82) is 0 Å². The Hall–Kier alpha value is -4.24. The molecule has 37 heavy (non-hydrogen) atoms. The summed E-state index contributed by atoms with van der Waals surface area (Å²) in [5, 5.41) is 43.7. The average molecular weight is 526 g/mol. The molecule has 1 aromatic rings. The number of phenols is 1. The number of nitrogens with one attached hydrogen (secondary N) is 3. The third-order valence-corrected chi connectivity index (χ3v) is 5.10. The molecule has 11 N–H and O–H groups in total. The van der Waals surface area contributed by atoms with Gasteiger partial charge in [0.1, 0.15) is 17.8 Å². The van der Waals surface area contributed by atoms with Crippen molar-refractivity contribution >= 4 is 35.6 Å². The van der Waals surface area contributed by atoms with Crippen molar-refractivity contribution < 1.29 is 49.2 Å². The fraction of sp³-hybridized carbons (Fsp3) is 0.455. The molecule has 0 aliphatic heterocycles. The van der Waals surface area contributed by atoms with Gasteiger partial charge >= 0.3 is 11.9 Å². The first-order chi connectivity index (χ1) is 17.2. The van der Waals surface area contributed by atoms with Crippen LogP contribution in [0.15, 0.2) is 24.3 Å². The molecule has 0 spiro atoms. The number of carbonyl (C=O) groups excluding carboxylic acids is 4. The van der Waals surface area contributed by atoms with E-state index in [2.05, 4.69) is 10.6 Å². The van der Waals surface area contributed by atoms with Gasteiger partial charge in [-0.25, -0.2) is 4.79 Å². The van der Waals surface area contributed by atoms with Crippen molar-refractivity contribution in [3.63, 3.8) is 0 Å². The van der Waals surface area contributed by atoms with Gasteiger partial charge in [-0.2, -0.15) is 0 Å². The Kier molecular flexibility index (Phi) is 11.9. The first-order valence-corrected chi connectivity index (χ1v) is 11.1. The number of hydrogen-bond acceptors (Lipinski definition) is 9. The number of aliphatic carboxylic acids is 2. The fourth-order valence-corrected chi connectivity index (χ4v) is 3.11. The number of hydrogen-bond donors (Lipinski definition) is 9. The summed E-state index contributed by atoms with van der Waals surface area (Å²) < 4.78 is 0. The van der Waals surface area contributed by atoms with Crippen LogP contribution in [0, 0.1) is 0 Å². The summed E-state index contributed by atoms with van der Waals surface area (Å²) in [6, 6.07) is -0.397. The number of aliphatic hydroxyl groups excluding tert-OH is 1. The highest BCUT2D eigenvalue weighted by atomic mass is 16.4. The number of aromatic hydroxyl groups is 1. The third kappa shape index (κ3) is 10.9. The number of aliphatic hydroxyl groups is 1. The zero-order valence-corrected chi connectivity index (χ0v) is 19.9. The van der Waals surface area contributed by atoms with Gasteiger partial charge in [0.15, 0.2) is 6.04 Å². The number of primary amides is 1. The van der Waals surface area contributed by atoms with Crippen LogP contribution in [-0.2, 0) is 35.2 Å². The first kappa shape index (κ1) is 30.8. The summed E-state index contributed by atoms with van der Waals surface area (Å²) in [4.78, 5) is 71.8. The summed E-state index contributed by atoms with van der Waals surface area (Å²) in [5.41, 5.74) is 11.5. The monoisotopic (exact) mass is 525 g/mol. The second kappa shape index (κ2) is 14.4. The minimum absolute atomic E-state index is 0.00184. The highest BCUT2D eigenvalue weighted by Gasteiger charge is 2.32. The van der Waals surface area contributed by atoms with Gasteiger partial charge in [-0.3, -0.25) is 24.0 Å². The number of benzene rings is 1. The zero-order chi connectivity index (χ0) is 28.3. The molecule has 0 aliphatic carbocycles. The van der Waals surface area contributed by atoms with E-state index in [1.165, 1.54) is 24.3 Å². The number of nitrogens with two attached hydrogens (primary N) is 2. The predicted octanol–water partition coefficient (Wildman–Crippen LogP) is -3.08. The van der Waals surface area contributed by atoms with Crippen molar-refractivity contribution in [1.82, 2.24) is 16.0 Å². The highest BCUT2D eigenvalue weighted by Crippen LogP contribution is 2.11. The molecular formula is C22H31N5O10. The van der Waals surface area contributed by atoms with Crippen LogP contribution in [0.25, 0.3) is 0 Å². The molecule has 0 radical (unpaired) electrons. The lowest BCUT2D eigenvalue weighted by Crippen LogP contribution is -2.58. The highest BCUT2D eigenvalue weighted by molar-refractivity contribution is 5.96. The largest absolute Gasteiger partial charge is 0.508 e. The lowest BCUT2D eigenvalue weighted by Gasteiger charge is -2.25. The molecule has 0 fully saturated rings. The van der Waals surface area contributed by atoms with Crippen molar-refractivity contribution in [2.24, 2.45) is 11.5 Å². The molecule has 1 aromatic carbocycles. The molecule has 0 bridgehead atoms. The predicted molar refractivity (Wildman–Crippen MR) is 126 cm³/mol. The molecule has 0 saturated heterocycles. The van der Waals surface area contributed by atoms with Crippen LogP contribution in [0.2, 0.25) is 0 Å². The average Bonchev–Trinajstić information content (AvgIpc) is 2.79. The van der Waals surface area contributed by atoms with Crippen LogP contribution in [0.5, 0.6) is 5.75 Å². The van der Waals surface area contributed by atoms with E-state index in [0.717, 1.165) is 6.92 Å². The second-order valence-corrected chi connectivity index (χ2v) is 8.27. The van der Waals surface area contributed by atoms with E-state index < -0.39 is 78.7 Å². The topological polar surface area (TPSA) is 271 Å². The quantitative estimate of drug-likeness (QED) is 0.111. The number of amides is 4. The Morgan fingerprint density at radius 3 is 1.92 bits per heavy atom. The van der Waals surface area contributed by atoms with E-state index in [4.69, 9.17) is 16.6 Å². The number of carboxylic acids is 2. The smallest absolute Gasteiger partial charge is 0.328 e. The van der Waals surface area contributed by atoms with Gasteiger partial charge in [0.2, 0.25) is 23.6 Å². The minimum atomic E-state index is -1.74. The Balaban J connectivity index is 3.00. The summed E-state index contributed by atoms with van der Waals surface area (Å²) in [5.74, 6) is -6.97. The van der Waals surface area contributed by atoms with Crippen molar-refractivity contribution in [3.05, 3.63) is 29.8 Å². The number of phenolic OH excluding ortho intramolecular Hbond substituents is 1. The van der Waals surface area contributed by atoms with Crippen LogP contribution >= 0.6 is 0 Å². The maximum absolute atomic E-state index is 12.8. The second-order valence-electron chi connectivity index (χ2n) is 8.27. The number of carbonyl (C=O) groups is 6. The number of carboxylic acid groups (broad SMARTS) is 2. The third-order valence-electron chi connectivity index (χ3n) is 5.10. The van der Waals surface area contributed by atoms with E-state index >= 15 is 0 Å². The van der Waals surface area contributed by atoms with Gasteiger partial charge in [0.05, 0.1) is 18.6 Å². The molecule has 4 amide bonds. The van der Waals surface area contributed by atoms with Crippen LogP contribution in [0.3, 0.4) is 0 Å². The summed E-state index contributed by atoms with van der Waals surface area (Å²) in [7, 11) is 0. The summed E-state index contributed by atoms with van der Waals surface area (Å²) >= 11 is 0. The van der Waals surface area contributed by atoms with Crippen molar-refractivity contribution in [3.8, 4) is 5.75 Å². The molecule has 0 aromatic heterocycles. The maximum atomic E-state index is 12.8. The first-order valence-electron chi connectivity index (χ1n) is 11.1. The maximum Gasteiger partial charge on any atom is 0.328 e. The van der Waals surface area contributed by atoms with Gasteiger partial charge in [0, 0.05) is 6.42 Å². The van der Waals surface area contributed by atoms with Crippen molar-refractivity contribution in [2.45, 2.75) is 62.9 Å². The molecule has 0 aliphatic rings. The molecular weight excluding hydrogens is 494 g/mol. The normalized spacial score (nSPS) is 14.8. The van der Waals surface area contributed by atoms with Gasteiger partial charge < -0.3 is 47.8 Å². The Labute approximate surface area is 211 Å². The molecule has 0 heterocycles. The van der Waals surface area contributed by atoms with Crippen molar-refractivity contribution in [2.75, 3.05) is 0 Å². The van der Waals surface area contributed by atoms with Gasteiger partial charge in [-0.1, -0.05) is 12.1 Å². The summed E-state index contributed by atoms with van der Waals surface area (Å²) in [6.45, 7) is 1.11. The Morgan fingerprint density at radius 2 is 1.43 bits per heavy atom. The van der Waals surface area contributed by atoms with E-state index in [1.807, 2.05) is 5.32 Å². The minimum Gasteiger partial charge on any atom is -0.508 e. The molecule has 5 atom stereocenters. The van der Waals surface area contributed by atoms with Crippen LogP contribution in [0.1, 0.15) is 31.7 Å². The SMILES string of the molecule is CC(O)C(NC(=O)C(CCC(N)=O)NC(=O)C(CC(=O)O)NC(=O)C(N)Cc1ccc(O)cc1)C(=O)O. The van der Waals surface area contributed by atoms with Gasteiger partial charge in [-0.05, 0) is 37.5 Å². The van der Waals surface area contributed by atoms with E-state index in [1.54, 1.807) is 0 Å². The molecule has 1 rings (SSSR count). The van der Waals surface area contributed by atoms with E-state index in [0.29, 0.717) is 5.56 Å². The summed E-state index contributed by atoms with van der Waals surface area (Å²) in [6.07, 6.45) is -3.19. The zero-order valence-electron chi connectivity index (χ0n) is 19.9. The van der Waals surface area contributed by atoms with Crippen LogP contribution in [0.4, 0.5) is 0 Å². The molecule has 15 heteroatoms. The Morgan fingerprint density at radius 1 is 0.892 bits per heavy atom.